The molecule has 0 spiro atoms. The van der Waals surface area contributed by atoms with Crippen LogP contribution in [0.2, 0.25) is 0 Å². The Bertz CT molecular complexity index is 712. The topological polar surface area (TPSA) is 50.7 Å². The van der Waals surface area contributed by atoms with Gasteiger partial charge in [0.05, 0.1) is 18.1 Å². The lowest BCUT2D eigenvalue weighted by atomic mass is 10.2. The van der Waals surface area contributed by atoms with Gasteiger partial charge in [-0.1, -0.05) is 31.0 Å². The summed E-state index contributed by atoms with van der Waals surface area (Å²) in [4.78, 5) is 13.2. The van der Waals surface area contributed by atoms with E-state index >= 15 is 0 Å². The zero-order chi connectivity index (χ0) is 18.8. The van der Waals surface area contributed by atoms with Gasteiger partial charge in [-0.15, -0.1) is 11.8 Å². The number of hydrogen-bond acceptors (Lipinski definition) is 4. The summed E-state index contributed by atoms with van der Waals surface area (Å²) in [6.45, 7) is 6.79. The highest BCUT2D eigenvalue weighted by molar-refractivity contribution is 8.00. The molecule has 0 aliphatic carbocycles. The molecule has 0 aromatic heterocycles. The summed E-state index contributed by atoms with van der Waals surface area (Å²) >= 11 is 1.52. The highest BCUT2D eigenvalue weighted by Crippen LogP contribution is 2.23. The number of ether oxygens (including phenoxy) is 1. The van der Waals surface area contributed by atoms with Crippen molar-refractivity contribution in [1.82, 2.24) is 5.43 Å². The van der Waals surface area contributed by atoms with E-state index in [0.29, 0.717) is 0 Å². The number of carbonyl (C=O) groups is 1. The van der Waals surface area contributed by atoms with E-state index in [-0.39, 0.29) is 11.2 Å². The van der Waals surface area contributed by atoms with Crippen molar-refractivity contribution in [1.29, 1.82) is 0 Å². The maximum atomic E-state index is 12.1. The van der Waals surface area contributed by atoms with E-state index < -0.39 is 0 Å². The third kappa shape index (κ3) is 6.92. The Balaban J connectivity index is 1.79. The van der Waals surface area contributed by atoms with Gasteiger partial charge in [-0.3, -0.25) is 4.79 Å². The zero-order valence-corrected chi connectivity index (χ0v) is 16.4. The molecule has 1 N–H and O–H groups in total. The Labute approximate surface area is 160 Å². The van der Waals surface area contributed by atoms with Gasteiger partial charge in [0.15, 0.2) is 0 Å². The summed E-state index contributed by atoms with van der Waals surface area (Å²) in [6, 6.07) is 15.8. The summed E-state index contributed by atoms with van der Waals surface area (Å²) in [5, 5.41) is 3.83. The number of amides is 1. The minimum Gasteiger partial charge on any atom is -0.494 e. The predicted molar refractivity (Wildman–Crippen MR) is 109 cm³/mol. The highest BCUT2D eigenvalue weighted by Gasteiger charge is 2.13. The van der Waals surface area contributed by atoms with Crippen molar-refractivity contribution in [2.45, 2.75) is 43.8 Å². The van der Waals surface area contributed by atoms with Crippen molar-refractivity contribution >= 4 is 23.9 Å². The van der Waals surface area contributed by atoms with Crippen LogP contribution >= 0.6 is 11.8 Å². The quantitative estimate of drug-likeness (QED) is 0.298. The molecule has 0 aliphatic heterocycles. The van der Waals surface area contributed by atoms with Crippen molar-refractivity contribution in [3.8, 4) is 5.75 Å². The second-order valence-electron chi connectivity index (χ2n) is 6.08. The maximum absolute atomic E-state index is 12.1. The van der Waals surface area contributed by atoms with Gasteiger partial charge < -0.3 is 4.74 Å². The number of nitrogens with one attached hydrogen (secondary N) is 1. The SMILES string of the molecule is CCCCOc1ccc(/C=N\NC(=O)[C@H](C)Sc2ccc(C)cc2)cc1. The summed E-state index contributed by atoms with van der Waals surface area (Å²) in [5.41, 5.74) is 4.71. The number of nitrogens with zero attached hydrogens (tertiary/aromatic N) is 1. The number of thioether (sulfide) groups is 1. The predicted octanol–water partition coefficient (Wildman–Crippen LogP) is 4.80. The normalized spacial score (nSPS) is 12.1. The van der Waals surface area contributed by atoms with E-state index in [0.717, 1.165) is 35.7 Å². The Morgan fingerprint density at radius 1 is 1.19 bits per heavy atom. The van der Waals surface area contributed by atoms with Gasteiger partial charge in [0, 0.05) is 4.90 Å². The van der Waals surface area contributed by atoms with Crippen molar-refractivity contribution in [2.24, 2.45) is 5.10 Å². The molecule has 2 aromatic rings. The van der Waals surface area contributed by atoms with E-state index in [9.17, 15) is 4.79 Å². The largest absolute Gasteiger partial charge is 0.494 e. The molecular formula is C21H26N2O2S. The van der Waals surface area contributed by atoms with Crippen molar-refractivity contribution < 1.29 is 9.53 Å². The molecule has 0 fully saturated rings. The number of rotatable bonds is 9. The van der Waals surface area contributed by atoms with Crippen LogP contribution in [0.5, 0.6) is 5.75 Å². The van der Waals surface area contributed by atoms with E-state index in [4.69, 9.17) is 4.74 Å². The van der Waals surface area contributed by atoms with Crippen LogP contribution in [0, 0.1) is 6.92 Å². The van der Waals surface area contributed by atoms with Crippen LogP contribution < -0.4 is 10.2 Å². The monoisotopic (exact) mass is 370 g/mol. The van der Waals surface area contributed by atoms with E-state index in [1.165, 1.54) is 17.3 Å². The molecule has 0 unspecified atom stereocenters. The molecule has 0 radical (unpaired) electrons. The molecule has 1 amide bonds. The molecule has 0 bridgehead atoms. The van der Waals surface area contributed by atoms with Crippen molar-refractivity contribution in [3.63, 3.8) is 0 Å². The molecule has 26 heavy (non-hydrogen) atoms. The van der Waals surface area contributed by atoms with Gasteiger partial charge >= 0.3 is 0 Å². The summed E-state index contributed by atoms with van der Waals surface area (Å²) in [7, 11) is 0. The molecular weight excluding hydrogens is 344 g/mol. The van der Waals surface area contributed by atoms with Crippen LogP contribution in [0.25, 0.3) is 0 Å². The summed E-state index contributed by atoms with van der Waals surface area (Å²) in [6.07, 6.45) is 3.80. The minimum absolute atomic E-state index is 0.119. The third-order valence-corrected chi connectivity index (χ3v) is 4.85. The second-order valence-corrected chi connectivity index (χ2v) is 7.49. The first-order valence-electron chi connectivity index (χ1n) is 8.87. The number of carbonyl (C=O) groups excluding carboxylic acids is 1. The van der Waals surface area contributed by atoms with Crippen LogP contribution in [0.4, 0.5) is 0 Å². The second kappa shape index (κ2) is 10.7. The smallest absolute Gasteiger partial charge is 0.253 e. The Morgan fingerprint density at radius 3 is 2.54 bits per heavy atom. The maximum Gasteiger partial charge on any atom is 0.253 e. The van der Waals surface area contributed by atoms with Crippen LogP contribution in [0.15, 0.2) is 58.5 Å². The molecule has 2 rings (SSSR count). The average Bonchev–Trinajstić information content (AvgIpc) is 2.65. The van der Waals surface area contributed by atoms with Gasteiger partial charge in [0.2, 0.25) is 0 Å². The number of benzene rings is 2. The van der Waals surface area contributed by atoms with Crippen LogP contribution in [0.1, 0.15) is 37.8 Å². The molecule has 2 aromatic carbocycles. The van der Waals surface area contributed by atoms with Gasteiger partial charge in [0.25, 0.3) is 5.91 Å². The Morgan fingerprint density at radius 2 is 1.88 bits per heavy atom. The first-order chi connectivity index (χ1) is 12.6. The molecule has 0 aliphatic rings. The Hall–Kier alpha value is -2.27. The highest BCUT2D eigenvalue weighted by atomic mass is 32.2. The summed E-state index contributed by atoms with van der Waals surface area (Å²) < 4.78 is 5.62. The standard InChI is InChI=1S/C21H26N2O2S/c1-4-5-14-25-19-10-8-18(9-11-19)15-22-23-21(24)17(3)26-20-12-6-16(2)7-13-20/h6-13,15,17H,4-5,14H2,1-3H3,(H,23,24)/b22-15-/t17-/m0/s1. The van der Waals surface area contributed by atoms with Gasteiger partial charge in [-0.05, 0) is 62.2 Å². The van der Waals surface area contributed by atoms with Crippen molar-refractivity contribution in [2.75, 3.05) is 6.61 Å². The average molecular weight is 371 g/mol. The van der Waals surface area contributed by atoms with Crippen molar-refractivity contribution in [3.05, 3.63) is 59.7 Å². The number of hydrazone groups is 1. The van der Waals surface area contributed by atoms with Gasteiger partial charge in [-0.25, -0.2) is 5.43 Å². The lowest BCUT2D eigenvalue weighted by Gasteiger charge is -2.09. The third-order valence-electron chi connectivity index (χ3n) is 3.74. The molecule has 0 saturated carbocycles. The lowest BCUT2D eigenvalue weighted by Crippen LogP contribution is -2.26. The molecule has 0 heterocycles. The molecule has 5 heteroatoms. The Kier molecular flexibility index (Phi) is 8.22. The van der Waals surface area contributed by atoms with E-state index in [1.807, 2.05) is 62.4 Å². The fourth-order valence-electron chi connectivity index (χ4n) is 2.12. The number of hydrogen-bond donors (Lipinski definition) is 1. The molecule has 138 valence electrons. The number of unbranched alkanes of at least 4 members (excludes halogenated alkanes) is 1. The fraction of sp³-hybridized carbons (Fsp3) is 0.333. The van der Waals surface area contributed by atoms with Crippen LogP contribution in [-0.2, 0) is 4.79 Å². The fourth-order valence-corrected chi connectivity index (χ4v) is 2.98. The first-order valence-corrected chi connectivity index (χ1v) is 9.75. The summed E-state index contributed by atoms with van der Waals surface area (Å²) in [5.74, 6) is 0.731. The zero-order valence-electron chi connectivity index (χ0n) is 15.6. The van der Waals surface area contributed by atoms with Crippen LogP contribution in [0.3, 0.4) is 0 Å². The van der Waals surface area contributed by atoms with Gasteiger partial charge in [-0.2, -0.15) is 5.10 Å². The molecule has 1 atom stereocenters. The lowest BCUT2D eigenvalue weighted by molar-refractivity contribution is -0.120. The van der Waals surface area contributed by atoms with Gasteiger partial charge in [0.1, 0.15) is 5.75 Å². The number of aryl methyl sites for hydroxylation is 1. The van der Waals surface area contributed by atoms with E-state index in [2.05, 4.69) is 17.5 Å². The van der Waals surface area contributed by atoms with Crippen LogP contribution in [-0.4, -0.2) is 24.0 Å². The molecule has 4 nitrogen and oxygen atoms in total. The van der Waals surface area contributed by atoms with E-state index in [1.54, 1.807) is 6.21 Å². The molecule has 0 saturated heterocycles. The first kappa shape index (κ1) is 20.0. The minimum atomic E-state index is -0.218.